The Kier molecular flexibility index (Phi) is 9.55. The third kappa shape index (κ3) is 7.85. The quantitative estimate of drug-likeness (QED) is 0.491. The lowest BCUT2D eigenvalue weighted by atomic mass is 10.0. The van der Waals surface area contributed by atoms with E-state index >= 15 is 0 Å². The van der Waals surface area contributed by atoms with Gasteiger partial charge in [0.2, 0.25) is 10.0 Å². The van der Waals surface area contributed by atoms with E-state index in [-0.39, 0.29) is 18.1 Å². The summed E-state index contributed by atoms with van der Waals surface area (Å²) in [6.07, 6.45) is 5.21. The maximum absolute atomic E-state index is 13.4. The molecule has 0 bridgehead atoms. The van der Waals surface area contributed by atoms with Gasteiger partial charge in [-0.25, -0.2) is 13.2 Å². The van der Waals surface area contributed by atoms with E-state index < -0.39 is 16.1 Å². The van der Waals surface area contributed by atoms with Gasteiger partial charge in [0.15, 0.2) is 0 Å². The van der Waals surface area contributed by atoms with Crippen molar-refractivity contribution in [3.63, 3.8) is 0 Å². The van der Waals surface area contributed by atoms with Gasteiger partial charge in [-0.15, -0.1) is 0 Å². The molecule has 188 valence electrons. The summed E-state index contributed by atoms with van der Waals surface area (Å²) >= 11 is 0. The lowest BCUT2D eigenvalue weighted by Crippen LogP contribution is -2.43. The molecule has 0 saturated carbocycles. The van der Waals surface area contributed by atoms with Crippen LogP contribution in [0.25, 0.3) is 0 Å². The zero-order chi connectivity index (χ0) is 24.6. The van der Waals surface area contributed by atoms with E-state index in [0.29, 0.717) is 69.0 Å². The van der Waals surface area contributed by atoms with Crippen LogP contribution in [-0.4, -0.2) is 57.3 Å². The molecule has 9 heteroatoms. The Balaban J connectivity index is 1.71. The number of rotatable bonds is 11. The SMILES string of the molecule is CC(C)CN(CC[C@H](Cc1ccccc1)NC(=O)O[C@H]1CCOC1)S(=O)(=O)C1=CC=C(N)CC1. The highest BCUT2D eigenvalue weighted by Crippen LogP contribution is 2.25. The number of nitrogens with zero attached hydrogens (tertiary/aromatic N) is 1. The van der Waals surface area contributed by atoms with Crippen LogP contribution in [-0.2, 0) is 25.9 Å². The summed E-state index contributed by atoms with van der Waals surface area (Å²) in [7, 11) is -3.62. The molecule has 1 heterocycles. The highest BCUT2D eigenvalue weighted by Gasteiger charge is 2.29. The fraction of sp³-hybridized carbons (Fsp3) is 0.560. The van der Waals surface area contributed by atoms with Crippen LogP contribution in [0.3, 0.4) is 0 Å². The summed E-state index contributed by atoms with van der Waals surface area (Å²) < 4.78 is 39.1. The predicted molar refractivity (Wildman–Crippen MR) is 132 cm³/mol. The molecule has 0 unspecified atom stereocenters. The average Bonchev–Trinajstić information content (AvgIpc) is 3.30. The lowest BCUT2D eigenvalue weighted by Gasteiger charge is -2.28. The summed E-state index contributed by atoms with van der Waals surface area (Å²) in [6, 6.07) is 9.55. The van der Waals surface area contributed by atoms with Crippen LogP contribution in [0.4, 0.5) is 4.79 Å². The lowest BCUT2D eigenvalue weighted by molar-refractivity contribution is 0.0803. The van der Waals surface area contributed by atoms with E-state index in [1.54, 1.807) is 12.2 Å². The van der Waals surface area contributed by atoms with Crippen molar-refractivity contribution in [1.29, 1.82) is 0 Å². The van der Waals surface area contributed by atoms with Crippen molar-refractivity contribution >= 4 is 16.1 Å². The van der Waals surface area contributed by atoms with Gasteiger partial charge in [-0.3, -0.25) is 0 Å². The van der Waals surface area contributed by atoms with E-state index in [2.05, 4.69) is 5.32 Å². The molecule has 8 nitrogen and oxygen atoms in total. The van der Waals surface area contributed by atoms with Crippen LogP contribution in [0.2, 0.25) is 0 Å². The monoisotopic (exact) mass is 491 g/mol. The molecule has 1 fully saturated rings. The molecule has 1 aliphatic carbocycles. The summed E-state index contributed by atoms with van der Waals surface area (Å²) in [5.74, 6) is 0.160. The molecule has 1 saturated heterocycles. The number of nitrogens with one attached hydrogen (secondary N) is 1. The predicted octanol–water partition coefficient (Wildman–Crippen LogP) is 3.31. The van der Waals surface area contributed by atoms with Crippen molar-refractivity contribution in [2.45, 2.75) is 58.1 Å². The van der Waals surface area contributed by atoms with E-state index in [9.17, 15) is 13.2 Å². The molecule has 0 radical (unpaired) electrons. The van der Waals surface area contributed by atoms with Gasteiger partial charge in [0, 0.05) is 31.2 Å². The number of nitrogens with two attached hydrogens (primary N) is 1. The van der Waals surface area contributed by atoms with Crippen molar-refractivity contribution in [2.75, 3.05) is 26.3 Å². The second-order valence-corrected chi connectivity index (χ2v) is 11.3. The van der Waals surface area contributed by atoms with Crippen LogP contribution >= 0.6 is 0 Å². The standard InChI is InChI=1S/C25H37N3O5S/c1-19(2)17-28(34(30,31)24-10-8-21(26)9-11-24)14-12-22(16-20-6-4-3-5-7-20)27-25(29)33-23-13-15-32-18-23/h3-8,10,19,22-23H,9,11-18,26H2,1-2H3,(H,27,29)/t22-,23+/m1/s1. The Morgan fingerprint density at radius 1 is 1.24 bits per heavy atom. The van der Waals surface area contributed by atoms with Gasteiger partial charge in [0.1, 0.15) is 6.10 Å². The summed E-state index contributed by atoms with van der Waals surface area (Å²) in [5, 5.41) is 2.96. The molecule has 3 rings (SSSR count). The van der Waals surface area contributed by atoms with Crippen molar-refractivity contribution < 1.29 is 22.7 Å². The van der Waals surface area contributed by atoms with Gasteiger partial charge < -0.3 is 20.5 Å². The fourth-order valence-corrected chi connectivity index (χ4v) is 5.89. The van der Waals surface area contributed by atoms with Crippen LogP contribution < -0.4 is 11.1 Å². The second kappa shape index (κ2) is 12.4. The van der Waals surface area contributed by atoms with Crippen LogP contribution in [0.15, 0.2) is 53.1 Å². The smallest absolute Gasteiger partial charge is 0.407 e. The first-order valence-corrected chi connectivity index (χ1v) is 13.4. The normalized spacial score (nSPS) is 19.6. The average molecular weight is 492 g/mol. The van der Waals surface area contributed by atoms with Crippen molar-refractivity contribution in [1.82, 2.24) is 9.62 Å². The number of hydrogen-bond acceptors (Lipinski definition) is 6. The molecule has 0 spiro atoms. The van der Waals surface area contributed by atoms with Gasteiger partial charge in [-0.1, -0.05) is 44.2 Å². The molecule has 2 atom stereocenters. The van der Waals surface area contributed by atoms with Crippen LogP contribution in [0, 0.1) is 5.92 Å². The second-order valence-electron chi connectivity index (χ2n) is 9.34. The largest absolute Gasteiger partial charge is 0.444 e. The number of alkyl carbamates (subject to hydrolysis) is 1. The molecule has 1 amide bonds. The van der Waals surface area contributed by atoms with Crippen molar-refractivity contribution in [2.24, 2.45) is 11.7 Å². The third-order valence-electron chi connectivity index (χ3n) is 5.92. The molecule has 2 aliphatic rings. The maximum Gasteiger partial charge on any atom is 0.407 e. The molecule has 1 aliphatic heterocycles. The van der Waals surface area contributed by atoms with E-state index in [4.69, 9.17) is 15.2 Å². The molecular formula is C25H37N3O5S. The highest BCUT2D eigenvalue weighted by atomic mass is 32.2. The Morgan fingerprint density at radius 3 is 2.62 bits per heavy atom. The van der Waals surface area contributed by atoms with Gasteiger partial charge in [-0.2, -0.15) is 4.31 Å². The number of benzene rings is 1. The van der Waals surface area contributed by atoms with Crippen LogP contribution in [0.1, 0.15) is 45.1 Å². The Morgan fingerprint density at radius 2 is 2.00 bits per heavy atom. The first-order valence-electron chi connectivity index (χ1n) is 12.0. The summed E-state index contributed by atoms with van der Waals surface area (Å²) in [6.45, 7) is 5.68. The first-order chi connectivity index (χ1) is 16.2. The minimum absolute atomic E-state index is 0.160. The highest BCUT2D eigenvalue weighted by molar-refractivity contribution is 7.93. The van der Waals surface area contributed by atoms with E-state index in [0.717, 1.165) is 5.56 Å². The summed E-state index contributed by atoms with van der Waals surface area (Å²) in [5.41, 5.74) is 7.57. The van der Waals surface area contributed by atoms with Crippen molar-refractivity contribution in [3.05, 3.63) is 58.6 Å². The molecule has 34 heavy (non-hydrogen) atoms. The number of carbonyl (C=O) groups is 1. The number of sulfonamides is 1. The zero-order valence-corrected chi connectivity index (χ0v) is 20.9. The molecule has 3 N–H and O–H groups in total. The Labute approximate surface area is 203 Å². The molecule has 0 aromatic heterocycles. The molecular weight excluding hydrogens is 454 g/mol. The molecule has 1 aromatic rings. The van der Waals surface area contributed by atoms with Gasteiger partial charge in [-0.05, 0) is 49.3 Å². The number of amides is 1. The number of hydrogen-bond donors (Lipinski definition) is 2. The summed E-state index contributed by atoms with van der Waals surface area (Å²) in [4.78, 5) is 12.9. The van der Waals surface area contributed by atoms with Crippen LogP contribution in [0.5, 0.6) is 0 Å². The maximum atomic E-state index is 13.4. The topological polar surface area (TPSA) is 111 Å². The molecule has 1 aromatic carbocycles. The Bertz CT molecular complexity index is 970. The van der Waals surface area contributed by atoms with Gasteiger partial charge in [0.25, 0.3) is 0 Å². The van der Waals surface area contributed by atoms with E-state index in [1.807, 2.05) is 44.2 Å². The van der Waals surface area contributed by atoms with Gasteiger partial charge in [0.05, 0.1) is 18.1 Å². The van der Waals surface area contributed by atoms with Gasteiger partial charge >= 0.3 is 6.09 Å². The minimum Gasteiger partial charge on any atom is -0.444 e. The number of ether oxygens (including phenoxy) is 2. The number of allylic oxidation sites excluding steroid dienone is 4. The van der Waals surface area contributed by atoms with Crippen molar-refractivity contribution in [3.8, 4) is 0 Å². The Hall–Kier alpha value is -2.36. The number of carbonyl (C=O) groups excluding carboxylic acids is 1. The third-order valence-corrected chi connectivity index (χ3v) is 7.93. The zero-order valence-electron chi connectivity index (χ0n) is 20.1. The minimum atomic E-state index is -3.62. The fourth-order valence-electron chi connectivity index (χ4n) is 4.11. The van der Waals surface area contributed by atoms with E-state index in [1.165, 1.54) is 4.31 Å². The first kappa shape index (κ1) is 26.2.